The van der Waals surface area contributed by atoms with Gasteiger partial charge in [0.05, 0.1) is 12.1 Å². The lowest BCUT2D eigenvalue weighted by Gasteiger charge is -2.30. The van der Waals surface area contributed by atoms with Gasteiger partial charge in [0.25, 0.3) is 0 Å². The van der Waals surface area contributed by atoms with E-state index in [1.807, 2.05) is 0 Å². The molecule has 0 aromatic heterocycles. The largest absolute Gasteiger partial charge is 0.285 e. The fourth-order valence-corrected chi connectivity index (χ4v) is 1.85. The van der Waals surface area contributed by atoms with E-state index in [1.54, 1.807) is 0 Å². The Morgan fingerprint density at radius 3 is 2.50 bits per heavy atom. The molecule has 1 aliphatic heterocycles. The van der Waals surface area contributed by atoms with Gasteiger partial charge < -0.3 is 0 Å². The lowest BCUT2D eigenvalue weighted by Crippen LogP contribution is -2.46. The van der Waals surface area contributed by atoms with Crippen molar-refractivity contribution >= 4 is 0 Å². The van der Waals surface area contributed by atoms with E-state index in [-0.39, 0.29) is 5.54 Å². The maximum absolute atomic E-state index is 5.08. The first-order chi connectivity index (χ1) is 4.91. The molecule has 3 nitrogen and oxygen atoms in total. The normalized spacial score (nSPS) is 31.2. The summed E-state index contributed by atoms with van der Waals surface area (Å²) >= 11 is 0. The second-order valence-corrected chi connectivity index (χ2v) is 3.36. The van der Waals surface area contributed by atoms with Crippen molar-refractivity contribution in [2.24, 2.45) is 0 Å². The molecule has 1 saturated heterocycles. The van der Waals surface area contributed by atoms with E-state index >= 15 is 0 Å². The number of hydrogen-bond donors (Lipinski definition) is 2. The van der Waals surface area contributed by atoms with Crippen molar-refractivity contribution in [2.45, 2.75) is 37.6 Å². The van der Waals surface area contributed by atoms with Gasteiger partial charge in [0, 0.05) is 0 Å². The first-order valence-electron chi connectivity index (χ1n) is 4.05. The molecule has 10 heavy (non-hydrogen) atoms. The van der Waals surface area contributed by atoms with Crippen LogP contribution in [-0.2, 0) is 4.84 Å². The van der Waals surface area contributed by atoms with Gasteiger partial charge in [0.15, 0.2) is 0 Å². The molecule has 0 radical (unpaired) electrons. The highest BCUT2D eigenvalue weighted by molar-refractivity contribution is 4.90. The van der Waals surface area contributed by atoms with E-state index in [2.05, 4.69) is 11.0 Å². The molecule has 0 aromatic carbocycles. The van der Waals surface area contributed by atoms with Crippen molar-refractivity contribution in [2.75, 3.05) is 6.61 Å². The third-order valence-corrected chi connectivity index (χ3v) is 2.55. The van der Waals surface area contributed by atoms with Crippen LogP contribution in [0.3, 0.4) is 0 Å². The highest BCUT2D eigenvalue weighted by Crippen LogP contribution is 2.29. The van der Waals surface area contributed by atoms with E-state index < -0.39 is 0 Å². The number of hydrogen-bond acceptors (Lipinski definition) is 3. The molecule has 1 saturated carbocycles. The Hall–Kier alpha value is -0.120. The standard InChI is InChI=1S/C7H14N2O/c1-2-4-7(5-3-1)6-10-9-8-7/h8-9H,1-6H2. The predicted molar refractivity (Wildman–Crippen MR) is 38.0 cm³/mol. The lowest BCUT2D eigenvalue weighted by molar-refractivity contribution is 0.0809. The minimum Gasteiger partial charge on any atom is -0.285 e. The summed E-state index contributed by atoms with van der Waals surface area (Å²) in [6.07, 6.45) is 6.61. The molecule has 2 fully saturated rings. The van der Waals surface area contributed by atoms with Crippen molar-refractivity contribution in [3.63, 3.8) is 0 Å². The quantitative estimate of drug-likeness (QED) is 0.523. The molecule has 0 bridgehead atoms. The summed E-state index contributed by atoms with van der Waals surface area (Å²) in [5.41, 5.74) is 6.22. The molecule has 0 aromatic rings. The highest BCUT2D eigenvalue weighted by atomic mass is 16.7. The van der Waals surface area contributed by atoms with Crippen LogP contribution in [-0.4, -0.2) is 12.1 Å². The third kappa shape index (κ3) is 1.05. The Kier molecular flexibility index (Phi) is 1.64. The van der Waals surface area contributed by atoms with E-state index in [4.69, 9.17) is 4.84 Å². The van der Waals surface area contributed by atoms with Gasteiger partial charge in [-0.2, -0.15) is 0 Å². The Labute approximate surface area is 61.1 Å². The number of nitrogens with one attached hydrogen (secondary N) is 2. The molecule has 1 spiro atoms. The maximum Gasteiger partial charge on any atom is 0.0894 e. The van der Waals surface area contributed by atoms with Crippen LogP contribution in [0.15, 0.2) is 0 Å². The van der Waals surface area contributed by atoms with Gasteiger partial charge >= 0.3 is 0 Å². The van der Waals surface area contributed by atoms with Crippen molar-refractivity contribution in [3.8, 4) is 0 Å². The van der Waals surface area contributed by atoms with E-state index in [1.165, 1.54) is 32.1 Å². The number of rotatable bonds is 0. The second-order valence-electron chi connectivity index (χ2n) is 3.36. The van der Waals surface area contributed by atoms with Crippen LogP contribution in [0.1, 0.15) is 32.1 Å². The molecular formula is C7H14N2O. The van der Waals surface area contributed by atoms with Crippen LogP contribution in [0.4, 0.5) is 0 Å². The van der Waals surface area contributed by atoms with Gasteiger partial charge in [-0.1, -0.05) is 19.3 Å². The van der Waals surface area contributed by atoms with Crippen LogP contribution in [0, 0.1) is 0 Å². The Morgan fingerprint density at radius 2 is 1.90 bits per heavy atom. The molecule has 2 N–H and O–H groups in total. The summed E-state index contributed by atoms with van der Waals surface area (Å²) in [6.45, 7) is 0.840. The lowest BCUT2D eigenvalue weighted by atomic mass is 9.83. The van der Waals surface area contributed by atoms with Gasteiger partial charge in [-0.15, -0.1) is 5.59 Å². The molecule has 2 aliphatic rings. The van der Waals surface area contributed by atoms with Gasteiger partial charge in [-0.25, -0.2) is 5.43 Å². The van der Waals surface area contributed by atoms with Crippen LogP contribution in [0.2, 0.25) is 0 Å². The monoisotopic (exact) mass is 142 g/mol. The third-order valence-electron chi connectivity index (χ3n) is 2.55. The topological polar surface area (TPSA) is 33.3 Å². The average molecular weight is 142 g/mol. The summed E-state index contributed by atoms with van der Waals surface area (Å²) in [5.74, 6) is 0. The van der Waals surface area contributed by atoms with Crippen molar-refractivity contribution in [1.29, 1.82) is 0 Å². The molecule has 3 heteroatoms. The summed E-state index contributed by atoms with van der Waals surface area (Å²) in [4.78, 5) is 5.08. The highest BCUT2D eigenvalue weighted by Gasteiger charge is 2.35. The summed E-state index contributed by atoms with van der Waals surface area (Å²) in [5, 5.41) is 0. The molecule has 2 rings (SSSR count). The fraction of sp³-hybridized carbons (Fsp3) is 1.00. The molecule has 0 amide bonds. The van der Waals surface area contributed by atoms with E-state index in [9.17, 15) is 0 Å². The van der Waals surface area contributed by atoms with Crippen molar-refractivity contribution in [1.82, 2.24) is 11.0 Å². The first kappa shape index (κ1) is 6.58. The summed E-state index contributed by atoms with van der Waals surface area (Å²) < 4.78 is 0. The molecule has 1 aliphatic carbocycles. The second kappa shape index (κ2) is 2.49. The van der Waals surface area contributed by atoms with Gasteiger partial charge in [0.2, 0.25) is 0 Å². The maximum atomic E-state index is 5.08. The van der Waals surface area contributed by atoms with Crippen LogP contribution in [0.25, 0.3) is 0 Å². The zero-order chi connectivity index (χ0) is 6.86. The predicted octanol–water partition coefficient (Wildman–Crippen LogP) is 0.729. The number of hydrazine groups is 1. The van der Waals surface area contributed by atoms with Crippen LogP contribution >= 0.6 is 0 Å². The summed E-state index contributed by atoms with van der Waals surface area (Å²) in [6, 6.07) is 0. The first-order valence-corrected chi connectivity index (χ1v) is 4.05. The Morgan fingerprint density at radius 1 is 1.10 bits per heavy atom. The molecular weight excluding hydrogens is 128 g/mol. The smallest absolute Gasteiger partial charge is 0.0894 e. The van der Waals surface area contributed by atoms with E-state index in [0.717, 1.165) is 6.61 Å². The van der Waals surface area contributed by atoms with Gasteiger partial charge in [0.1, 0.15) is 0 Å². The molecule has 0 atom stereocenters. The minimum absolute atomic E-state index is 0.290. The Bertz CT molecular complexity index is 113. The van der Waals surface area contributed by atoms with Crippen LogP contribution in [0.5, 0.6) is 0 Å². The molecule has 0 unspecified atom stereocenters. The molecule has 58 valence electrons. The van der Waals surface area contributed by atoms with Crippen molar-refractivity contribution in [3.05, 3.63) is 0 Å². The van der Waals surface area contributed by atoms with Crippen LogP contribution < -0.4 is 11.0 Å². The van der Waals surface area contributed by atoms with Crippen molar-refractivity contribution < 1.29 is 4.84 Å². The zero-order valence-electron chi connectivity index (χ0n) is 6.15. The van der Waals surface area contributed by atoms with Gasteiger partial charge in [-0.05, 0) is 12.8 Å². The fourth-order valence-electron chi connectivity index (χ4n) is 1.85. The SMILES string of the molecule is C1CCC2(CC1)CONN2. The average Bonchev–Trinajstić information content (AvgIpc) is 2.39. The van der Waals surface area contributed by atoms with E-state index in [0.29, 0.717) is 0 Å². The Balaban J connectivity index is 1.98. The minimum atomic E-state index is 0.290. The molecule has 1 heterocycles. The zero-order valence-corrected chi connectivity index (χ0v) is 6.15. The summed E-state index contributed by atoms with van der Waals surface area (Å²) in [7, 11) is 0. The van der Waals surface area contributed by atoms with Gasteiger partial charge in [-0.3, -0.25) is 4.84 Å².